The monoisotopic (exact) mass is 665 g/mol. The van der Waals surface area contributed by atoms with Gasteiger partial charge in [0.25, 0.3) is 5.91 Å². The van der Waals surface area contributed by atoms with Crippen molar-refractivity contribution in [1.82, 2.24) is 10.6 Å². The van der Waals surface area contributed by atoms with Crippen LogP contribution in [0.4, 0.5) is 10.5 Å². The van der Waals surface area contributed by atoms with Gasteiger partial charge >= 0.3 is 12.1 Å². The van der Waals surface area contributed by atoms with E-state index in [0.717, 1.165) is 29.4 Å². The van der Waals surface area contributed by atoms with Crippen molar-refractivity contribution < 1.29 is 38.1 Å². The van der Waals surface area contributed by atoms with Gasteiger partial charge in [0.1, 0.15) is 23.9 Å². The Morgan fingerprint density at radius 1 is 0.938 bits per heavy atom. The van der Waals surface area contributed by atoms with E-state index in [-0.39, 0.29) is 58.0 Å². The maximum absolute atomic E-state index is 12.6. The summed E-state index contributed by atoms with van der Waals surface area (Å²) in [4.78, 5) is 50.4. The molecule has 2 aromatic carbocycles. The molecule has 0 aromatic heterocycles. The van der Waals surface area contributed by atoms with E-state index in [2.05, 4.69) is 33.7 Å². The van der Waals surface area contributed by atoms with E-state index in [1.165, 1.54) is 24.9 Å². The summed E-state index contributed by atoms with van der Waals surface area (Å²) < 4.78 is 21.1. The fourth-order valence-corrected chi connectivity index (χ4v) is 5.03. The van der Waals surface area contributed by atoms with Gasteiger partial charge < -0.3 is 40.2 Å². The second kappa shape index (κ2) is 19.2. The molecule has 0 aliphatic carbocycles. The van der Waals surface area contributed by atoms with Crippen LogP contribution < -0.4 is 21.3 Å². The molecule has 3 amide bonds. The van der Waals surface area contributed by atoms with Crippen LogP contribution in [0.3, 0.4) is 0 Å². The predicted octanol–water partition coefficient (Wildman–Crippen LogP) is 3.59. The summed E-state index contributed by atoms with van der Waals surface area (Å²) in [7, 11) is 0. The molecule has 1 aliphatic heterocycles. The van der Waals surface area contributed by atoms with E-state index in [9.17, 15) is 24.4 Å². The van der Waals surface area contributed by atoms with Gasteiger partial charge in [-0.2, -0.15) is 5.26 Å². The number of hydrogen-bond acceptors (Lipinski definition) is 10. The molecule has 48 heavy (non-hydrogen) atoms. The van der Waals surface area contributed by atoms with Crippen molar-refractivity contribution >= 4 is 46.4 Å². The summed E-state index contributed by atoms with van der Waals surface area (Å²) in [6.07, 6.45) is 4.00. The highest BCUT2D eigenvalue weighted by Crippen LogP contribution is 2.26. The molecule has 1 aliphatic rings. The van der Waals surface area contributed by atoms with Crippen LogP contribution in [0.2, 0.25) is 0 Å². The Hall–Kier alpha value is -4.67. The lowest BCUT2D eigenvalue weighted by molar-refractivity contribution is -0.146. The Morgan fingerprint density at radius 2 is 1.60 bits per heavy atom. The number of nitriles is 1. The smallest absolute Gasteiger partial charge is 0.407 e. The highest BCUT2D eigenvalue weighted by Gasteiger charge is 2.23. The van der Waals surface area contributed by atoms with Gasteiger partial charge in [-0.05, 0) is 80.6 Å². The Bertz CT molecular complexity index is 1470. The zero-order valence-corrected chi connectivity index (χ0v) is 28.0. The second-order valence-corrected chi connectivity index (χ2v) is 12.4. The van der Waals surface area contributed by atoms with Gasteiger partial charge in [-0.15, -0.1) is 0 Å². The lowest BCUT2D eigenvalue weighted by atomic mass is 10.0. The van der Waals surface area contributed by atoms with Crippen molar-refractivity contribution in [2.75, 3.05) is 57.6 Å². The number of piperidine rings is 1. The largest absolute Gasteiger partial charge is 0.463 e. The van der Waals surface area contributed by atoms with Gasteiger partial charge in [-0.3, -0.25) is 14.4 Å². The van der Waals surface area contributed by atoms with Crippen molar-refractivity contribution in [1.29, 1.82) is 5.26 Å². The minimum absolute atomic E-state index is 0.00117. The minimum Gasteiger partial charge on any atom is -0.463 e. The number of hydrogen-bond donors (Lipinski definition) is 3. The summed E-state index contributed by atoms with van der Waals surface area (Å²) in [6.45, 7) is 8.17. The van der Waals surface area contributed by atoms with Crippen LogP contribution >= 0.6 is 0 Å². The zero-order valence-electron chi connectivity index (χ0n) is 28.0. The minimum atomic E-state index is -0.865. The van der Waals surface area contributed by atoms with Gasteiger partial charge in [0.2, 0.25) is 5.91 Å². The van der Waals surface area contributed by atoms with Gasteiger partial charge in [0.05, 0.1) is 38.9 Å². The van der Waals surface area contributed by atoms with E-state index in [0.29, 0.717) is 0 Å². The van der Waals surface area contributed by atoms with E-state index >= 15 is 0 Å². The van der Waals surface area contributed by atoms with E-state index < -0.39 is 35.5 Å². The highest BCUT2D eigenvalue weighted by atomic mass is 16.6. The molecule has 1 heterocycles. The summed E-state index contributed by atoms with van der Waals surface area (Å²) in [5.41, 5.74) is 6.46. The molecule has 1 atom stereocenters. The number of nitrogens with one attached hydrogen (secondary N) is 2. The lowest BCUT2D eigenvalue weighted by Crippen LogP contribution is -2.42. The van der Waals surface area contributed by atoms with Crippen LogP contribution in [-0.2, 0) is 33.3 Å². The quantitative estimate of drug-likeness (QED) is 0.0977. The Balaban J connectivity index is 1.30. The molecule has 1 fully saturated rings. The molecule has 13 nitrogen and oxygen atoms in total. The van der Waals surface area contributed by atoms with Crippen LogP contribution in [-0.4, -0.2) is 88.2 Å². The summed E-state index contributed by atoms with van der Waals surface area (Å²) in [5.74, 6) is -1.81. The Morgan fingerprint density at radius 3 is 2.29 bits per heavy atom. The van der Waals surface area contributed by atoms with E-state index in [4.69, 9.17) is 24.7 Å². The summed E-state index contributed by atoms with van der Waals surface area (Å²) in [5, 5.41) is 16.9. The van der Waals surface area contributed by atoms with Crippen LogP contribution in [0.1, 0.15) is 58.4 Å². The molecule has 1 saturated heterocycles. The number of rotatable bonds is 17. The summed E-state index contributed by atoms with van der Waals surface area (Å²) >= 11 is 0. The third-order valence-electron chi connectivity index (χ3n) is 7.22. The van der Waals surface area contributed by atoms with Crippen molar-refractivity contribution in [3.05, 3.63) is 47.5 Å². The predicted molar refractivity (Wildman–Crippen MR) is 181 cm³/mol. The molecule has 0 unspecified atom stereocenters. The number of esters is 1. The number of nitrogens with two attached hydrogens (primary N) is 1. The first kappa shape index (κ1) is 37.8. The number of carbonyl (C=O) groups excluding carboxylic acids is 4. The van der Waals surface area contributed by atoms with Crippen molar-refractivity contribution in [3.63, 3.8) is 0 Å². The number of fused-ring (bicyclic) bond motifs is 1. The first-order valence-corrected chi connectivity index (χ1v) is 16.2. The maximum Gasteiger partial charge on any atom is 0.407 e. The Kier molecular flexibility index (Phi) is 15.1. The van der Waals surface area contributed by atoms with Crippen molar-refractivity contribution in [2.45, 2.75) is 64.5 Å². The van der Waals surface area contributed by atoms with Gasteiger partial charge in [-0.1, -0.05) is 18.2 Å². The first-order chi connectivity index (χ1) is 22.9. The van der Waals surface area contributed by atoms with Gasteiger partial charge in [-0.25, -0.2) is 4.79 Å². The third-order valence-corrected chi connectivity index (χ3v) is 7.22. The SMILES string of the molecule is CC(C)(C)OC(=O)N[C@@H](CC(N)=O)CC(=O)OCCOCCOCCNC(=O)/C(C#N)=C/c1ccc2cc(N3CCCCC3)ccc2c1. The molecule has 2 aromatic rings. The molecule has 260 valence electrons. The van der Waals surface area contributed by atoms with Crippen LogP contribution in [0.15, 0.2) is 42.0 Å². The van der Waals surface area contributed by atoms with Gasteiger partial charge in [0.15, 0.2) is 0 Å². The number of anilines is 1. The van der Waals surface area contributed by atoms with Crippen LogP contribution in [0.5, 0.6) is 0 Å². The van der Waals surface area contributed by atoms with Crippen molar-refractivity contribution in [3.8, 4) is 6.07 Å². The molecular weight excluding hydrogens is 618 g/mol. The van der Waals surface area contributed by atoms with Crippen LogP contribution in [0, 0.1) is 11.3 Å². The average molecular weight is 666 g/mol. The number of primary amides is 1. The van der Waals surface area contributed by atoms with E-state index in [1.54, 1.807) is 26.8 Å². The average Bonchev–Trinajstić information content (AvgIpc) is 3.03. The number of ether oxygens (including phenoxy) is 4. The topological polar surface area (TPSA) is 182 Å². The second-order valence-electron chi connectivity index (χ2n) is 12.4. The Labute approximate surface area is 281 Å². The fourth-order valence-electron chi connectivity index (χ4n) is 5.03. The number of amides is 3. The molecule has 0 saturated carbocycles. The third kappa shape index (κ3) is 14.0. The first-order valence-electron chi connectivity index (χ1n) is 16.2. The standard InChI is InChI=1S/C35H47N5O8/c1-35(2,3)48-34(44)39-29(22-31(37)41)23-32(42)47-18-17-46-16-15-45-14-11-38-33(43)28(24-36)20-25-7-8-27-21-30(10-9-26(27)19-25)40-12-5-4-6-13-40/h7-10,19-21,29H,4-6,11-18,22-23H2,1-3H3,(H2,37,41)(H,38,43)(H,39,44)/b28-20+/t29-/m0/s1. The number of benzene rings is 2. The maximum atomic E-state index is 12.6. The summed E-state index contributed by atoms with van der Waals surface area (Å²) in [6, 6.07) is 13.4. The number of alkyl carbamates (subject to hydrolysis) is 1. The molecule has 4 N–H and O–H groups in total. The number of nitrogens with zero attached hydrogens (tertiary/aromatic N) is 2. The molecule has 0 radical (unpaired) electrons. The van der Waals surface area contributed by atoms with Crippen LogP contribution in [0.25, 0.3) is 16.8 Å². The van der Waals surface area contributed by atoms with E-state index in [1.807, 2.05) is 24.3 Å². The fraction of sp³-hybridized carbons (Fsp3) is 0.514. The highest BCUT2D eigenvalue weighted by molar-refractivity contribution is 6.02. The molecular formula is C35H47N5O8. The molecule has 13 heteroatoms. The zero-order chi connectivity index (χ0) is 34.9. The van der Waals surface area contributed by atoms with Gasteiger partial charge in [0, 0.05) is 31.7 Å². The molecule has 0 spiro atoms. The van der Waals surface area contributed by atoms with Crippen molar-refractivity contribution in [2.24, 2.45) is 5.73 Å². The lowest BCUT2D eigenvalue weighted by Gasteiger charge is -2.29. The normalized spacial score (nSPS) is 14.1. The molecule has 0 bridgehead atoms. The molecule has 3 rings (SSSR count). The number of carbonyl (C=O) groups is 4.